The first-order valence-corrected chi connectivity index (χ1v) is 12.7. The van der Waals surface area contributed by atoms with Crippen LogP contribution >= 0.6 is 0 Å². The first kappa shape index (κ1) is 21.7. The predicted octanol–water partition coefficient (Wildman–Crippen LogP) is 5.73. The highest BCUT2D eigenvalue weighted by Crippen LogP contribution is 2.66. The molecule has 0 unspecified atom stereocenters. The molecular weight excluding hydrogens is 455 g/mol. The Balaban J connectivity index is 1.24. The largest absolute Gasteiger partial charge is 0.392 e. The average molecular weight is 484 g/mol. The average Bonchev–Trinajstić information content (AvgIpc) is 3.25. The number of pyridine rings is 1. The quantitative estimate of drug-likeness (QED) is 0.474. The molecule has 9 heteroatoms. The van der Waals surface area contributed by atoms with E-state index in [-0.39, 0.29) is 24.4 Å². The second kappa shape index (κ2) is 7.48. The minimum atomic E-state index is -4.16. The summed E-state index contributed by atoms with van der Waals surface area (Å²) in [6.07, 6.45) is 6.62. The van der Waals surface area contributed by atoms with E-state index in [2.05, 4.69) is 16.3 Å². The summed E-state index contributed by atoms with van der Waals surface area (Å²) in [7, 11) is 0. The van der Waals surface area contributed by atoms with Crippen LogP contribution in [-0.4, -0.2) is 37.5 Å². The SMILES string of the molecule is Cc1cnc2c(C34CC(C3)[C@@H](C(F)(F)F)C4)nc([C@H]3CCO[C@@H](c4cnn(C5CC5)c4)C3)cc2n1. The molecule has 5 aliphatic rings. The monoisotopic (exact) mass is 483 g/mol. The van der Waals surface area contributed by atoms with Crippen molar-refractivity contribution < 1.29 is 17.9 Å². The maximum Gasteiger partial charge on any atom is 0.392 e. The van der Waals surface area contributed by atoms with Crippen LogP contribution in [0, 0.1) is 18.8 Å². The molecule has 4 aliphatic carbocycles. The van der Waals surface area contributed by atoms with Crippen molar-refractivity contribution in [3.63, 3.8) is 0 Å². The lowest BCUT2D eigenvalue weighted by Gasteiger charge is -2.39. The molecule has 0 radical (unpaired) electrons. The fraction of sp³-hybridized carbons (Fsp3) is 0.615. The molecule has 184 valence electrons. The summed E-state index contributed by atoms with van der Waals surface area (Å²) in [5.74, 6) is -1.39. The summed E-state index contributed by atoms with van der Waals surface area (Å²) < 4.78 is 49.1. The van der Waals surface area contributed by atoms with Crippen molar-refractivity contribution in [1.82, 2.24) is 24.7 Å². The highest BCUT2D eigenvalue weighted by molar-refractivity contribution is 5.78. The van der Waals surface area contributed by atoms with Gasteiger partial charge in [0.05, 0.1) is 41.2 Å². The van der Waals surface area contributed by atoms with Crippen LogP contribution in [0.2, 0.25) is 0 Å². The molecule has 1 saturated heterocycles. The number of halogens is 3. The van der Waals surface area contributed by atoms with Gasteiger partial charge >= 0.3 is 6.18 Å². The number of aryl methyl sites for hydroxylation is 1. The maximum atomic E-state index is 13.7. The van der Waals surface area contributed by atoms with E-state index in [4.69, 9.17) is 14.7 Å². The molecule has 3 atom stereocenters. The summed E-state index contributed by atoms with van der Waals surface area (Å²) in [6.45, 7) is 2.50. The highest BCUT2D eigenvalue weighted by atomic mass is 19.4. The zero-order valence-corrected chi connectivity index (χ0v) is 19.6. The van der Waals surface area contributed by atoms with Gasteiger partial charge in [0.15, 0.2) is 0 Å². The molecule has 0 aromatic carbocycles. The Hall–Kier alpha value is -2.55. The summed E-state index contributed by atoms with van der Waals surface area (Å²) >= 11 is 0. The van der Waals surface area contributed by atoms with Crippen molar-refractivity contribution in [2.45, 2.75) is 81.5 Å². The van der Waals surface area contributed by atoms with Crippen LogP contribution < -0.4 is 0 Å². The van der Waals surface area contributed by atoms with Gasteiger partial charge in [-0.05, 0) is 63.9 Å². The van der Waals surface area contributed by atoms with Gasteiger partial charge in [0, 0.05) is 41.6 Å². The minimum absolute atomic E-state index is 0.0573. The third kappa shape index (κ3) is 3.57. The molecule has 6 nitrogen and oxygen atoms in total. The standard InChI is InChI=1S/C26H28F3N5O/c1-14-11-30-23-21(32-14)7-20(33-24(23)25-8-16(9-25)19(10-25)26(27,28)29)15-4-5-35-22(6-15)17-12-31-34(13-17)18-2-3-18/h7,11-13,15-16,18-19,22H,2-6,8-10H2,1H3/t15-,16?,19-,22+,25?/m0/s1. The van der Waals surface area contributed by atoms with Gasteiger partial charge in [0.2, 0.25) is 0 Å². The van der Waals surface area contributed by atoms with Gasteiger partial charge in [0.1, 0.15) is 5.52 Å². The van der Waals surface area contributed by atoms with Crippen LogP contribution in [0.3, 0.4) is 0 Å². The molecule has 35 heavy (non-hydrogen) atoms. The Morgan fingerprint density at radius 2 is 1.91 bits per heavy atom. The number of nitrogens with zero attached hydrogens (tertiary/aromatic N) is 5. The van der Waals surface area contributed by atoms with E-state index in [9.17, 15) is 13.2 Å². The lowest BCUT2D eigenvalue weighted by atomic mass is 9.66. The van der Waals surface area contributed by atoms with E-state index in [0.717, 1.165) is 41.0 Å². The van der Waals surface area contributed by atoms with E-state index < -0.39 is 17.5 Å². The van der Waals surface area contributed by atoms with Crippen LogP contribution in [-0.2, 0) is 10.2 Å². The smallest absolute Gasteiger partial charge is 0.373 e. The molecule has 8 rings (SSSR count). The molecule has 5 fully saturated rings. The number of hydrogen-bond acceptors (Lipinski definition) is 5. The highest BCUT2D eigenvalue weighted by Gasteiger charge is 2.65. The van der Waals surface area contributed by atoms with Gasteiger partial charge in [-0.3, -0.25) is 14.6 Å². The lowest BCUT2D eigenvalue weighted by Crippen LogP contribution is -2.35. The third-order valence-electron chi connectivity index (χ3n) is 8.69. The summed E-state index contributed by atoms with van der Waals surface area (Å²) in [6, 6.07) is 2.52. The number of fused-ring (bicyclic) bond motifs is 2. The summed E-state index contributed by atoms with van der Waals surface area (Å²) in [5, 5.41) is 4.52. The topological polar surface area (TPSA) is 65.7 Å². The molecule has 3 aromatic rings. The van der Waals surface area contributed by atoms with Crippen LogP contribution in [0.4, 0.5) is 13.2 Å². The van der Waals surface area contributed by atoms with E-state index >= 15 is 0 Å². The Labute approximate surface area is 201 Å². The minimum Gasteiger partial charge on any atom is -0.373 e. The fourth-order valence-electron chi connectivity index (χ4n) is 6.72. The first-order chi connectivity index (χ1) is 16.8. The normalized spacial score (nSPS) is 32.7. The second-order valence-electron chi connectivity index (χ2n) is 11.1. The van der Waals surface area contributed by atoms with E-state index in [1.165, 1.54) is 12.8 Å². The molecule has 3 aromatic heterocycles. The van der Waals surface area contributed by atoms with Crippen molar-refractivity contribution >= 4 is 11.0 Å². The summed E-state index contributed by atoms with van der Waals surface area (Å²) in [4.78, 5) is 14.4. The van der Waals surface area contributed by atoms with Crippen molar-refractivity contribution in [1.29, 1.82) is 0 Å². The molecule has 0 N–H and O–H groups in total. The van der Waals surface area contributed by atoms with E-state index in [1.54, 1.807) is 6.20 Å². The molecule has 4 saturated carbocycles. The van der Waals surface area contributed by atoms with Crippen LogP contribution in [0.1, 0.15) is 85.7 Å². The lowest BCUT2D eigenvalue weighted by molar-refractivity contribution is -0.180. The Bertz CT molecular complexity index is 1290. The van der Waals surface area contributed by atoms with Crippen LogP contribution in [0.15, 0.2) is 24.7 Å². The first-order valence-electron chi connectivity index (χ1n) is 12.7. The van der Waals surface area contributed by atoms with Crippen molar-refractivity contribution in [3.8, 4) is 0 Å². The molecule has 2 bridgehead atoms. The Kier molecular flexibility index (Phi) is 4.64. The van der Waals surface area contributed by atoms with Crippen LogP contribution in [0.5, 0.6) is 0 Å². The van der Waals surface area contributed by atoms with E-state index in [0.29, 0.717) is 31.0 Å². The predicted molar refractivity (Wildman–Crippen MR) is 122 cm³/mol. The number of ether oxygens (including phenoxy) is 1. The number of alkyl halides is 3. The van der Waals surface area contributed by atoms with Crippen molar-refractivity contribution in [3.05, 3.63) is 47.3 Å². The van der Waals surface area contributed by atoms with Crippen LogP contribution in [0.25, 0.3) is 11.0 Å². The van der Waals surface area contributed by atoms with Gasteiger partial charge < -0.3 is 4.74 Å². The number of rotatable bonds is 4. The van der Waals surface area contributed by atoms with Gasteiger partial charge in [-0.25, -0.2) is 4.98 Å². The van der Waals surface area contributed by atoms with Crippen molar-refractivity contribution in [2.75, 3.05) is 6.61 Å². The van der Waals surface area contributed by atoms with E-state index in [1.807, 2.05) is 23.9 Å². The van der Waals surface area contributed by atoms with Gasteiger partial charge in [0.25, 0.3) is 0 Å². The van der Waals surface area contributed by atoms with Gasteiger partial charge in [-0.1, -0.05) is 0 Å². The zero-order chi connectivity index (χ0) is 23.9. The second-order valence-corrected chi connectivity index (χ2v) is 11.1. The fourth-order valence-corrected chi connectivity index (χ4v) is 6.72. The molecular formula is C26H28F3N5O. The third-order valence-corrected chi connectivity index (χ3v) is 8.69. The molecule has 1 aliphatic heterocycles. The van der Waals surface area contributed by atoms with Gasteiger partial charge in [-0.2, -0.15) is 18.3 Å². The molecule has 0 spiro atoms. The summed E-state index contributed by atoms with van der Waals surface area (Å²) in [5.41, 5.74) is 4.37. The number of hydrogen-bond donors (Lipinski definition) is 0. The van der Waals surface area contributed by atoms with Crippen molar-refractivity contribution in [2.24, 2.45) is 11.8 Å². The number of aromatic nitrogens is 5. The van der Waals surface area contributed by atoms with Gasteiger partial charge in [-0.15, -0.1) is 0 Å². The molecule has 0 amide bonds. The molecule has 4 heterocycles. The zero-order valence-electron chi connectivity index (χ0n) is 19.6. The Morgan fingerprint density at radius 3 is 2.66 bits per heavy atom. The maximum absolute atomic E-state index is 13.7. The Morgan fingerprint density at radius 1 is 1.09 bits per heavy atom.